The van der Waals surface area contributed by atoms with Crippen LogP contribution in [0, 0.1) is 35.5 Å². The number of amides is 2. The molecular weight excluding hydrogens is 1600 g/mol. The number of methoxy groups -OCH3 is 3. The number of nitrogens with one attached hydrogen (secondary N) is 2. The summed E-state index contributed by atoms with van der Waals surface area (Å²) in [6.45, 7) is 17.1. The number of aliphatic hydroxyl groups excluding tert-OH is 1. The number of nitrogens with two attached hydrogens (primary N) is 1. The fraction of sp³-hybridized carbons (Fsp3) is 0.663. The number of H-pyrrole nitrogens is 1. The fourth-order valence-electron chi connectivity index (χ4n) is 17.0. The molecule has 0 unspecified atom stereocenters. The van der Waals surface area contributed by atoms with Crippen LogP contribution in [0.5, 0.6) is 5.75 Å². The first-order valence-corrected chi connectivity index (χ1v) is 44.6. The summed E-state index contributed by atoms with van der Waals surface area (Å²) in [5.74, 6) is -7.82. The quantitative estimate of drug-likeness (QED) is 0.00918. The van der Waals surface area contributed by atoms with Gasteiger partial charge in [0.15, 0.2) is 11.4 Å². The number of carbonyl (C=O) groups excluding carboxylic acids is 8. The van der Waals surface area contributed by atoms with Gasteiger partial charge < -0.3 is 83.6 Å². The number of aryl methyl sites for hydroxylation is 2. The van der Waals surface area contributed by atoms with Gasteiger partial charge in [0.25, 0.3) is 11.7 Å². The number of esters is 1. The van der Waals surface area contributed by atoms with Crippen LogP contribution in [-0.2, 0) is 98.7 Å². The maximum absolute atomic E-state index is 14.8. The van der Waals surface area contributed by atoms with Gasteiger partial charge in [-0.25, -0.2) is 24.1 Å². The third-order valence-electron chi connectivity index (χ3n) is 24.4. The Kier molecular flexibility index (Phi) is 40.5. The minimum absolute atomic E-state index is 0.0150. The normalized spacial score (nSPS) is 26.8. The lowest BCUT2D eigenvalue weighted by Gasteiger charge is -2.42. The van der Waals surface area contributed by atoms with E-state index in [0.717, 1.165) is 53.5 Å². The highest BCUT2D eigenvalue weighted by molar-refractivity contribution is 6.39. The summed E-state index contributed by atoms with van der Waals surface area (Å²) < 4.78 is 62.1. The summed E-state index contributed by atoms with van der Waals surface area (Å²) in [6.07, 6.45) is 20.5. The number of hydrogen-bond donors (Lipinski definition) is 6. The molecule has 3 fully saturated rings. The molecule has 1 aromatic carbocycles. The molecule has 1 saturated carbocycles. The number of fused-ring (bicyclic) bond motifs is 5. The average molecular weight is 1730 g/mol. The van der Waals surface area contributed by atoms with Crippen molar-refractivity contribution >= 4 is 74.5 Å². The number of aliphatic hydroxyl groups is 2. The number of Topliss-reactive ketones (excluding diaryl/α,β-unsaturated/α-hetero) is 5. The van der Waals surface area contributed by atoms with Gasteiger partial charge in [0.05, 0.1) is 101 Å². The topological polar surface area (TPSA) is 421 Å². The van der Waals surface area contributed by atoms with E-state index in [4.69, 9.17) is 58.2 Å². The van der Waals surface area contributed by atoms with Crippen molar-refractivity contribution in [1.82, 2.24) is 49.9 Å². The molecule has 2 amide bonds. The molecule has 32 nitrogen and oxygen atoms in total. The minimum atomic E-state index is -2.48. The number of aromatic nitrogens is 8. The lowest BCUT2D eigenvalue weighted by molar-refractivity contribution is -0.265. The zero-order chi connectivity index (χ0) is 89.2. The molecule has 9 rings (SSSR count). The van der Waals surface area contributed by atoms with Crippen LogP contribution in [0.1, 0.15) is 201 Å². The summed E-state index contributed by atoms with van der Waals surface area (Å²) in [5, 5.41) is 52.0. The number of anilines is 1. The molecule has 5 aromatic rings. The number of allylic oxidation sites excluding steroid dienone is 6. The van der Waals surface area contributed by atoms with Gasteiger partial charge in [0, 0.05) is 127 Å². The maximum Gasteiger partial charge on any atom is 0.329 e. The van der Waals surface area contributed by atoms with E-state index in [1.165, 1.54) is 18.3 Å². The molecule has 7 N–H and O–H groups in total. The van der Waals surface area contributed by atoms with Gasteiger partial charge in [-0.15, -0.1) is 5.10 Å². The van der Waals surface area contributed by atoms with Crippen molar-refractivity contribution in [1.29, 1.82) is 0 Å². The molecule has 1 aliphatic carbocycles. The summed E-state index contributed by atoms with van der Waals surface area (Å²) in [5.41, 5.74) is 11.1. The maximum atomic E-state index is 14.8. The molecule has 0 spiro atoms. The second-order valence-electron chi connectivity index (χ2n) is 34.0. The van der Waals surface area contributed by atoms with E-state index in [1.54, 1.807) is 59.3 Å². The number of hydrogen-bond acceptors (Lipinski definition) is 27. The molecule has 4 aliphatic rings. The van der Waals surface area contributed by atoms with Crippen molar-refractivity contribution < 1.29 is 101 Å². The molecule has 0 radical (unpaired) electrons. The molecule has 32 heteroatoms. The van der Waals surface area contributed by atoms with E-state index in [9.17, 15) is 53.7 Å². The Bertz CT molecular complexity index is 4400. The predicted molar refractivity (Wildman–Crippen MR) is 464 cm³/mol. The van der Waals surface area contributed by atoms with Crippen LogP contribution in [-0.4, -0.2) is 256 Å². The zero-order valence-electron chi connectivity index (χ0n) is 74.3. The second kappa shape index (κ2) is 50.6. The van der Waals surface area contributed by atoms with E-state index in [-0.39, 0.29) is 91.0 Å². The van der Waals surface area contributed by atoms with Crippen molar-refractivity contribution in [3.63, 3.8) is 0 Å². The highest BCUT2D eigenvalue weighted by Gasteiger charge is 2.53. The monoisotopic (exact) mass is 1730 g/mol. The van der Waals surface area contributed by atoms with Gasteiger partial charge in [-0.2, -0.15) is 5.10 Å². The number of aromatic hydroxyl groups is 1. The van der Waals surface area contributed by atoms with Gasteiger partial charge in [-0.05, 0) is 163 Å². The predicted octanol–water partition coefficient (Wildman–Crippen LogP) is 10.7. The fourth-order valence-corrected chi connectivity index (χ4v) is 17.0. The Morgan fingerprint density at radius 3 is 2.19 bits per heavy atom. The lowest BCUT2D eigenvalue weighted by Crippen LogP contribution is -2.61. The van der Waals surface area contributed by atoms with Gasteiger partial charge in [0.2, 0.25) is 11.7 Å². The third kappa shape index (κ3) is 29.5. The Hall–Kier alpha value is -8.67. The SMILES string of the molecule is CO[C@H]1C[C@@H]2CC[C@@H](C)[C@@](O)(O2)C(=O)C(=O)N2CCCC[C@H]2C(=O)O[C@H]([C@H](C)C[C@@H]2CC[C@H](n3cc(CCCC(=O)NCCOCCOCCOCCC(=O)CCCOCCOCCC(=O)CCCCCn4nc(-c5cc6cc(O)ccc6[nH]5)c5c(N)ncnc54)nn3)[C@H](OC)C2)CC(=O)[C@H](C)/C=C(\C)[C@@H](O)[C@@H](OC)C(=O)[C@H](C)C[C@H](C)/C=C/C=C/C=C/1C. The molecular formula is C92H135N11O21. The van der Waals surface area contributed by atoms with Crippen LogP contribution >= 0.6 is 0 Å². The number of nitrogen functional groups attached to an aromatic ring is 1. The first-order chi connectivity index (χ1) is 59.7. The number of ketones is 5. The third-order valence-corrected chi connectivity index (χ3v) is 24.4. The summed E-state index contributed by atoms with van der Waals surface area (Å²) in [4.78, 5) is 123. The number of cyclic esters (lactones) is 1. The average Bonchev–Trinajstić information content (AvgIpc) is 1.58. The second-order valence-corrected chi connectivity index (χ2v) is 34.0. The van der Waals surface area contributed by atoms with Gasteiger partial charge in [0.1, 0.15) is 65.3 Å². The molecule has 4 aromatic heterocycles. The van der Waals surface area contributed by atoms with Crippen LogP contribution < -0.4 is 11.1 Å². The lowest BCUT2D eigenvalue weighted by atomic mass is 9.77. The van der Waals surface area contributed by atoms with E-state index in [1.807, 2.05) is 79.7 Å². The van der Waals surface area contributed by atoms with Crippen LogP contribution in [0.3, 0.4) is 0 Å². The number of piperidine rings is 1. The van der Waals surface area contributed by atoms with E-state index >= 15 is 0 Å². The summed E-state index contributed by atoms with van der Waals surface area (Å²) >= 11 is 0. The van der Waals surface area contributed by atoms with Crippen molar-refractivity contribution in [3.05, 3.63) is 90.1 Å². The number of unbranched alkanes of at least 4 members (excludes halogenated alkanes) is 2. The first kappa shape index (κ1) is 99.1. The first-order valence-electron chi connectivity index (χ1n) is 44.6. The molecule has 3 aliphatic heterocycles. The van der Waals surface area contributed by atoms with E-state index in [2.05, 4.69) is 30.6 Å². The van der Waals surface area contributed by atoms with Crippen molar-refractivity contribution in [2.45, 2.75) is 257 Å². The molecule has 2 saturated heterocycles. The van der Waals surface area contributed by atoms with E-state index in [0.29, 0.717) is 204 Å². The molecule has 2 bridgehead atoms. The number of nitrogens with zero attached hydrogens (tertiary/aromatic N) is 8. The van der Waals surface area contributed by atoms with Crippen molar-refractivity contribution in [2.75, 3.05) is 106 Å². The number of aromatic amines is 1. The van der Waals surface area contributed by atoms with Gasteiger partial charge >= 0.3 is 5.97 Å². The highest BCUT2D eigenvalue weighted by Crippen LogP contribution is 2.41. The zero-order valence-corrected chi connectivity index (χ0v) is 74.3. The Morgan fingerprint density at radius 1 is 0.750 bits per heavy atom. The molecule has 7 heterocycles. The molecule has 124 heavy (non-hydrogen) atoms. The number of phenols is 1. The van der Waals surface area contributed by atoms with Crippen molar-refractivity contribution in [2.24, 2.45) is 35.5 Å². The Balaban J connectivity index is 0.626. The summed E-state index contributed by atoms with van der Waals surface area (Å²) in [6, 6.07) is 5.67. The van der Waals surface area contributed by atoms with Crippen LogP contribution in [0.25, 0.3) is 33.3 Å². The number of rotatable bonds is 40. The molecule has 684 valence electrons. The number of phenolic OH excluding ortho intramolecular Hbond substituents is 1. The van der Waals surface area contributed by atoms with Crippen LogP contribution in [0.15, 0.2) is 84.4 Å². The van der Waals surface area contributed by atoms with Gasteiger partial charge in [-0.1, -0.05) is 82.7 Å². The highest BCUT2D eigenvalue weighted by atomic mass is 16.6. The minimum Gasteiger partial charge on any atom is -0.508 e. The van der Waals surface area contributed by atoms with Crippen molar-refractivity contribution in [3.8, 4) is 17.1 Å². The Morgan fingerprint density at radius 2 is 1.47 bits per heavy atom. The number of ether oxygens (including phenoxy) is 10. The summed E-state index contributed by atoms with van der Waals surface area (Å²) in [7, 11) is 4.60. The number of benzene rings is 1. The number of carbonyl (C=O) groups is 8. The van der Waals surface area contributed by atoms with Crippen LogP contribution in [0.2, 0.25) is 0 Å². The molecule has 15 atom stereocenters. The standard InChI is InChI=1S/C92H135N11O21/c1-59-21-13-11-14-22-60(2)78(115-8)55-72-31-28-65(7)92(114,124-72)87(111)90(112)101-37-18-16-26-76(101)91(113)123-79(56-77(107)61(3)50-64(6)85(110)86(117-10)84(109)63(5)49-59)62(4)51-66-29-33-75(80(52-66)116-9)103-57-68(98-100-103)23-19-27-81(108)94-36-42-121-46-48-122-47-45-120-41-35-70(105)25-20-39-118-43-44-119-40-34-69(104)24-15-12-17-38-102-89-82(88(93)95-58-96-89)83(99-102)74-54-67-53-71(106)30-32-73(67)97-74/h11,13-14,21-22,30,32,50,53-54,57-59,61-63,65-66,72,75-76,78-80,85-86,97,106,110,114H,12,15-20,23-29,31,33-49,51-52,55-56H2,1-10H3,(H,94,108)(H2,93,95,96)/b14-11+,21-13+,60-22+,64-50+/t59-,61-,62-,63-,65-,66+,72+,75+,76+,78+,79+,80-,85-,86+,92-/m1/s1. The largest absolute Gasteiger partial charge is 0.508 e. The Labute approximate surface area is 728 Å². The van der Waals surface area contributed by atoms with Crippen LogP contribution in [0.4, 0.5) is 5.82 Å². The van der Waals surface area contributed by atoms with E-state index < -0.39 is 83.7 Å². The van der Waals surface area contributed by atoms with Gasteiger partial charge in [-0.3, -0.25) is 33.6 Å². The smallest absolute Gasteiger partial charge is 0.329 e.